The number of methoxy groups -OCH3 is 1. The Morgan fingerprint density at radius 3 is 2.88 bits per heavy atom. The molecule has 0 fully saturated rings. The molecule has 4 heteroatoms. The van der Waals surface area contributed by atoms with E-state index in [4.69, 9.17) is 16.3 Å². The number of alkyl halides is 1. The van der Waals surface area contributed by atoms with Gasteiger partial charge in [0.25, 0.3) is 0 Å². The maximum absolute atomic E-state index is 5.87. The summed E-state index contributed by atoms with van der Waals surface area (Å²) in [6.45, 7) is 3.72. The summed E-state index contributed by atoms with van der Waals surface area (Å²) in [5, 5.41) is 3.57. The highest BCUT2D eigenvalue weighted by atomic mass is 79.9. The quantitative estimate of drug-likeness (QED) is 0.641. The Balaban J connectivity index is 2.48. The zero-order valence-electron chi connectivity index (χ0n) is 9.59. The lowest BCUT2D eigenvalue weighted by atomic mass is 10.2. The van der Waals surface area contributed by atoms with Crippen molar-refractivity contribution in [3.63, 3.8) is 0 Å². The number of rotatable bonds is 6. The molecule has 90 valence electrons. The molecular formula is C12H17BrClNO. The van der Waals surface area contributed by atoms with E-state index in [2.05, 4.69) is 27.3 Å². The van der Waals surface area contributed by atoms with Gasteiger partial charge in [-0.05, 0) is 38.1 Å². The second-order valence-electron chi connectivity index (χ2n) is 3.70. The summed E-state index contributed by atoms with van der Waals surface area (Å²) in [4.78, 5) is 0. The maximum Gasteiger partial charge on any atom is 0.123 e. The molecule has 0 aliphatic carbocycles. The Morgan fingerprint density at radius 2 is 2.25 bits per heavy atom. The molecule has 1 aromatic carbocycles. The van der Waals surface area contributed by atoms with Crippen LogP contribution >= 0.6 is 27.5 Å². The van der Waals surface area contributed by atoms with E-state index in [0.29, 0.717) is 0 Å². The van der Waals surface area contributed by atoms with E-state index in [1.165, 1.54) is 0 Å². The normalized spacial score (nSPS) is 12.5. The van der Waals surface area contributed by atoms with Crippen molar-refractivity contribution in [1.29, 1.82) is 0 Å². The fourth-order valence-electron chi connectivity index (χ4n) is 1.41. The average molecular weight is 307 g/mol. The van der Waals surface area contributed by atoms with E-state index in [1.54, 1.807) is 7.11 Å². The molecule has 16 heavy (non-hydrogen) atoms. The van der Waals surface area contributed by atoms with Crippen LogP contribution in [0.4, 0.5) is 0 Å². The monoisotopic (exact) mass is 305 g/mol. The predicted octanol–water partition coefficient (Wildman–Crippen LogP) is 3.56. The van der Waals surface area contributed by atoms with Crippen LogP contribution in [0.3, 0.4) is 0 Å². The number of ether oxygens (including phenoxy) is 1. The van der Waals surface area contributed by atoms with Gasteiger partial charge in [-0.2, -0.15) is 0 Å². The van der Waals surface area contributed by atoms with Crippen LogP contribution in [-0.4, -0.2) is 19.0 Å². The highest BCUT2D eigenvalue weighted by Gasteiger charge is 2.03. The number of benzene rings is 1. The predicted molar refractivity (Wildman–Crippen MR) is 72.3 cm³/mol. The number of nitrogens with one attached hydrogen (secondary N) is 1. The molecule has 1 atom stereocenters. The van der Waals surface area contributed by atoms with E-state index in [0.717, 1.165) is 35.3 Å². The Hall–Kier alpha value is -0.250. The summed E-state index contributed by atoms with van der Waals surface area (Å²) in [7, 11) is 1.69. The molecule has 0 aliphatic heterocycles. The molecule has 0 saturated heterocycles. The van der Waals surface area contributed by atoms with Crippen molar-refractivity contribution in [2.45, 2.75) is 25.3 Å². The molecule has 0 aliphatic rings. The van der Waals surface area contributed by atoms with Crippen molar-refractivity contribution < 1.29 is 4.74 Å². The van der Waals surface area contributed by atoms with Crippen molar-refractivity contribution in [2.75, 3.05) is 13.7 Å². The highest BCUT2D eigenvalue weighted by molar-refractivity contribution is 9.10. The molecule has 1 unspecified atom stereocenters. The molecule has 1 N–H and O–H groups in total. The minimum atomic E-state index is 0.219. The summed E-state index contributed by atoms with van der Waals surface area (Å²) in [6.07, 6.45) is 0.970. The van der Waals surface area contributed by atoms with Crippen LogP contribution in [0.1, 0.15) is 18.9 Å². The van der Waals surface area contributed by atoms with Crippen LogP contribution in [0, 0.1) is 0 Å². The minimum Gasteiger partial charge on any atom is -0.496 e. The van der Waals surface area contributed by atoms with Crippen LogP contribution in [0.25, 0.3) is 0 Å². The van der Waals surface area contributed by atoms with Gasteiger partial charge in [0.1, 0.15) is 5.75 Å². The fraction of sp³-hybridized carbons (Fsp3) is 0.500. The Labute approximate surface area is 110 Å². The summed E-state index contributed by atoms with van der Waals surface area (Å²) >= 11 is 9.32. The second-order valence-corrected chi connectivity index (χ2v) is 5.36. The van der Waals surface area contributed by atoms with Crippen LogP contribution in [0.15, 0.2) is 22.7 Å². The fourth-order valence-corrected chi connectivity index (χ4v) is 1.93. The molecule has 0 aromatic heterocycles. The lowest BCUT2D eigenvalue weighted by Crippen LogP contribution is -2.17. The average Bonchev–Trinajstić information content (AvgIpc) is 2.24. The smallest absolute Gasteiger partial charge is 0.123 e. The molecule has 0 spiro atoms. The van der Waals surface area contributed by atoms with Gasteiger partial charge in [0.15, 0.2) is 0 Å². The third-order valence-corrected chi connectivity index (χ3v) is 2.99. The number of halogens is 2. The summed E-state index contributed by atoms with van der Waals surface area (Å²) in [5.41, 5.74) is 1.15. The third-order valence-electron chi connectivity index (χ3n) is 2.28. The van der Waals surface area contributed by atoms with Gasteiger partial charge < -0.3 is 10.1 Å². The minimum absolute atomic E-state index is 0.219. The van der Waals surface area contributed by atoms with Gasteiger partial charge in [0.2, 0.25) is 0 Å². The molecule has 0 heterocycles. The molecule has 1 rings (SSSR count). The number of hydrogen-bond acceptors (Lipinski definition) is 2. The molecule has 0 saturated carbocycles. The van der Waals surface area contributed by atoms with Crippen LogP contribution < -0.4 is 10.1 Å². The van der Waals surface area contributed by atoms with Gasteiger partial charge in [-0.25, -0.2) is 0 Å². The van der Waals surface area contributed by atoms with Crippen LogP contribution in [0.2, 0.25) is 0 Å². The first kappa shape index (κ1) is 13.8. The lowest BCUT2D eigenvalue weighted by Gasteiger charge is -2.10. The first-order valence-corrected chi connectivity index (χ1v) is 6.53. The van der Waals surface area contributed by atoms with Gasteiger partial charge in [-0.15, -0.1) is 11.6 Å². The first-order valence-electron chi connectivity index (χ1n) is 5.30. The molecule has 0 bridgehead atoms. The van der Waals surface area contributed by atoms with E-state index in [-0.39, 0.29) is 5.38 Å². The van der Waals surface area contributed by atoms with Gasteiger partial charge in [-0.3, -0.25) is 0 Å². The van der Waals surface area contributed by atoms with Crippen LogP contribution in [-0.2, 0) is 6.54 Å². The molecule has 1 aromatic rings. The van der Waals surface area contributed by atoms with Crippen molar-refractivity contribution in [2.24, 2.45) is 0 Å². The first-order chi connectivity index (χ1) is 7.63. The summed E-state index contributed by atoms with van der Waals surface area (Å²) in [6, 6.07) is 6.00. The second kappa shape index (κ2) is 7.15. The van der Waals surface area contributed by atoms with Gasteiger partial charge in [0, 0.05) is 22.0 Å². The third kappa shape index (κ3) is 4.73. The van der Waals surface area contributed by atoms with Crippen molar-refractivity contribution >= 4 is 27.5 Å². The zero-order valence-corrected chi connectivity index (χ0v) is 11.9. The van der Waals surface area contributed by atoms with Gasteiger partial charge >= 0.3 is 0 Å². The van der Waals surface area contributed by atoms with E-state index < -0.39 is 0 Å². The summed E-state index contributed by atoms with van der Waals surface area (Å²) < 4.78 is 6.36. The standard InChI is InChI=1S/C12H17BrClNO/c1-9(14)5-6-15-8-10-7-11(13)3-4-12(10)16-2/h3-4,7,9,15H,5-6,8H2,1-2H3. The maximum atomic E-state index is 5.87. The Morgan fingerprint density at radius 1 is 1.50 bits per heavy atom. The van der Waals surface area contributed by atoms with Gasteiger partial charge in [0.05, 0.1) is 7.11 Å². The van der Waals surface area contributed by atoms with Crippen LogP contribution in [0.5, 0.6) is 5.75 Å². The zero-order chi connectivity index (χ0) is 12.0. The van der Waals surface area contributed by atoms with E-state index in [1.807, 2.05) is 19.1 Å². The molecule has 0 radical (unpaired) electrons. The molecule has 0 amide bonds. The van der Waals surface area contributed by atoms with Crippen molar-refractivity contribution in [3.8, 4) is 5.75 Å². The lowest BCUT2D eigenvalue weighted by molar-refractivity contribution is 0.407. The highest BCUT2D eigenvalue weighted by Crippen LogP contribution is 2.22. The van der Waals surface area contributed by atoms with Gasteiger partial charge in [-0.1, -0.05) is 15.9 Å². The van der Waals surface area contributed by atoms with E-state index >= 15 is 0 Å². The SMILES string of the molecule is COc1ccc(Br)cc1CNCCC(C)Cl. The topological polar surface area (TPSA) is 21.3 Å². The van der Waals surface area contributed by atoms with E-state index in [9.17, 15) is 0 Å². The van der Waals surface area contributed by atoms with Crippen molar-refractivity contribution in [3.05, 3.63) is 28.2 Å². The summed E-state index contributed by atoms with van der Waals surface area (Å²) in [5.74, 6) is 0.912. The molecule has 2 nitrogen and oxygen atoms in total. The largest absolute Gasteiger partial charge is 0.496 e. The van der Waals surface area contributed by atoms with Crippen molar-refractivity contribution in [1.82, 2.24) is 5.32 Å². The Kier molecular flexibility index (Phi) is 6.17. The Bertz CT molecular complexity index is 331. The number of hydrogen-bond donors (Lipinski definition) is 1. The molecular weight excluding hydrogens is 289 g/mol.